The van der Waals surface area contributed by atoms with Crippen LogP contribution in [0, 0.1) is 0 Å². The molecule has 1 unspecified atom stereocenters. The molecule has 0 N–H and O–H groups in total. The quantitative estimate of drug-likeness (QED) is 0.700. The first kappa shape index (κ1) is 14.8. The van der Waals surface area contributed by atoms with Gasteiger partial charge in [0.1, 0.15) is 0 Å². The molecular weight excluding hydrogens is 220 g/mol. The summed E-state index contributed by atoms with van der Waals surface area (Å²) in [5, 5.41) is 0. The van der Waals surface area contributed by atoms with Gasteiger partial charge < -0.3 is 9.47 Å². The molecule has 0 saturated carbocycles. The van der Waals surface area contributed by atoms with Crippen LogP contribution in [-0.2, 0) is 6.54 Å². The Morgan fingerprint density at radius 3 is 2.44 bits per heavy atom. The lowest BCUT2D eigenvalue weighted by Crippen LogP contribution is -2.16. The van der Waals surface area contributed by atoms with Crippen molar-refractivity contribution in [2.24, 2.45) is 0 Å². The van der Waals surface area contributed by atoms with Crippen LogP contribution in [0.15, 0.2) is 19.4 Å². The summed E-state index contributed by atoms with van der Waals surface area (Å²) in [4.78, 5) is 2.30. The molecule has 0 bridgehead atoms. The van der Waals surface area contributed by atoms with Crippen LogP contribution in [0.3, 0.4) is 0 Å². The fourth-order valence-electron chi connectivity index (χ4n) is 2.15. The highest BCUT2D eigenvalue weighted by Gasteiger charge is 2.15. The summed E-state index contributed by atoms with van der Waals surface area (Å²) in [7, 11) is 2.14. The van der Waals surface area contributed by atoms with Crippen molar-refractivity contribution in [1.29, 1.82) is 0 Å². The van der Waals surface area contributed by atoms with Gasteiger partial charge in [-0.05, 0) is 38.6 Å². The standard InChI is InChI=1S/C16H26N2/c1-7-13(5)18-12-14(11-17(6)10-4)15(8-2)16(18)9-3/h8-9,12-13H,2-3,7,10-11H2,1,4-6H3. The summed E-state index contributed by atoms with van der Waals surface area (Å²) in [6.07, 6.45) is 7.27. The van der Waals surface area contributed by atoms with Gasteiger partial charge in [0.05, 0.1) is 0 Å². The first-order chi connectivity index (χ1) is 8.58. The van der Waals surface area contributed by atoms with Crippen molar-refractivity contribution in [1.82, 2.24) is 9.47 Å². The smallest absolute Gasteiger partial charge is 0.0480 e. The molecule has 0 aliphatic heterocycles. The van der Waals surface area contributed by atoms with Gasteiger partial charge in [-0.25, -0.2) is 0 Å². The average Bonchev–Trinajstić information content (AvgIpc) is 2.74. The summed E-state index contributed by atoms with van der Waals surface area (Å²) in [5.74, 6) is 0. The third-order valence-electron chi connectivity index (χ3n) is 3.64. The zero-order valence-corrected chi connectivity index (χ0v) is 12.2. The molecule has 0 aromatic carbocycles. The molecule has 1 heterocycles. The Morgan fingerprint density at radius 1 is 1.33 bits per heavy atom. The molecule has 0 spiro atoms. The summed E-state index contributed by atoms with van der Waals surface area (Å²) in [5.41, 5.74) is 3.76. The van der Waals surface area contributed by atoms with Gasteiger partial charge >= 0.3 is 0 Å². The van der Waals surface area contributed by atoms with Crippen molar-refractivity contribution in [2.45, 2.75) is 39.8 Å². The summed E-state index contributed by atoms with van der Waals surface area (Å²) < 4.78 is 2.32. The van der Waals surface area contributed by atoms with Crippen molar-refractivity contribution in [3.8, 4) is 0 Å². The maximum atomic E-state index is 3.95. The Labute approximate surface area is 112 Å². The van der Waals surface area contributed by atoms with Gasteiger partial charge in [-0.2, -0.15) is 0 Å². The molecule has 2 heteroatoms. The van der Waals surface area contributed by atoms with Crippen molar-refractivity contribution < 1.29 is 0 Å². The van der Waals surface area contributed by atoms with Crippen molar-refractivity contribution in [3.05, 3.63) is 36.2 Å². The molecular formula is C16H26N2. The Morgan fingerprint density at radius 2 is 2.00 bits per heavy atom. The molecule has 1 aromatic heterocycles. The summed E-state index contributed by atoms with van der Waals surface area (Å²) in [6, 6.07) is 0.498. The van der Waals surface area contributed by atoms with E-state index in [0.717, 1.165) is 19.5 Å². The van der Waals surface area contributed by atoms with Crippen LogP contribution in [0.4, 0.5) is 0 Å². The molecule has 0 aliphatic carbocycles. The zero-order valence-electron chi connectivity index (χ0n) is 12.2. The summed E-state index contributed by atoms with van der Waals surface area (Å²) >= 11 is 0. The monoisotopic (exact) mass is 246 g/mol. The zero-order chi connectivity index (χ0) is 13.7. The highest BCUT2D eigenvalue weighted by Crippen LogP contribution is 2.26. The lowest BCUT2D eigenvalue weighted by molar-refractivity contribution is 0.345. The van der Waals surface area contributed by atoms with Crippen LogP contribution in [0.1, 0.15) is 50.1 Å². The average molecular weight is 246 g/mol. The van der Waals surface area contributed by atoms with Gasteiger partial charge in [0, 0.05) is 30.0 Å². The molecule has 2 nitrogen and oxygen atoms in total. The van der Waals surface area contributed by atoms with E-state index in [1.165, 1.54) is 16.8 Å². The van der Waals surface area contributed by atoms with E-state index in [1.54, 1.807) is 0 Å². The van der Waals surface area contributed by atoms with Gasteiger partial charge in [0.25, 0.3) is 0 Å². The van der Waals surface area contributed by atoms with E-state index >= 15 is 0 Å². The van der Waals surface area contributed by atoms with Crippen LogP contribution in [0.5, 0.6) is 0 Å². The summed E-state index contributed by atoms with van der Waals surface area (Å²) in [6.45, 7) is 16.5. The molecule has 18 heavy (non-hydrogen) atoms. The van der Waals surface area contributed by atoms with Gasteiger partial charge in [-0.15, -0.1) is 0 Å². The highest BCUT2D eigenvalue weighted by molar-refractivity contribution is 5.65. The third-order valence-corrected chi connectivity index (χ3v) is 3.64. The molecule has 1 aromatic rings. The Hall–Kier alpha value is -1.28. The van der Waals surface area contributed by atoms with Crippen LogP contribution in [0.25, 0.3) is 12.2 Å². The Kier molecular flexibility index (Phi) is 5.42. The fourth-order valence-corrected chi connectivity index (χ4v) is 2.15. The fraction of sp³-hybridized carbons (Fsp3) is 0.500. The van der Waals surface area contributed by atoms with Gasteiger partial charge in [-0.3, -0.25) is 0 Å². The number of hydrogen-bond donors (Lipinski definition) is 0. The van der Waals surface area contributed by atoms with Crippen LogP contribution in [-0.4, -0.2) is 23.1 Å². The van der Waals surface area contributed by atoms with E-state index in [2.05, 4.69) is 56.6 Å². The number of aromatic nitrogens is 1. The van der Waals surface area contributed by atoms with Gasteiger partial charge in [-0.1, -0.05) is 33.1 Å². The second-order valence-corrected chi connectivity index (χ2v) is 4.86. The van der Waals surface area contributed by atoms with Crippen LogP contribution in [0.2, 0.25) is 0 Å². The molecule has 1 rings (SSSR count). The van der Waals surface area contributed by atoms with Gasteiger partial charge in [0.15, 0.2) is 0 Å². The maximum absolute atomic E-state index is 3.95. The van der Waals surface area contributed by atoms with E-state index in [4.69, 9.17) is 0 Å². The molecule has 0 aliphatic rings. The lowest BCUT2D eigenvalue weighted by atomic mass is 10.1. The second-order valence-electron chi connectivity index (χ2n) is 4.86. The molecule has 0 amide bonds. The minimum atomic E-state index is 0.498. The van der Waals surface area contributed by atoms with E-state index in [0.29, 0.717) is 6.04 Å². The van der Waals surface area contributed by atoms with Crippen molar-refractivity contribution in [3.63, 3.8) is 0 Å². The predicted octanol–water partition coefficient (Wildman–Crippen LogP) is 4.20. The third kappa shape index (κ3) is 2.94. The SMILES string of the molecule is C=Cc1c(CN(C)CC)cn(C(C)CC)c1C=C. The number of nitrogens with zero attached hydrogens (tertiary/aromatic N) is 2. The lowest BCUT2D eigenvalue weighted by Gasteiger charge is -2.14. The minimum absolute atomic E-state index is 0.498. The van der Waals surface area contributed by atoms with E-state index in [9.17, 15) is 0 Å². The van der Waals surface area contributed by atoms with E-state index in [-0.39, 0.29) is 0 Å². The molecule has 1 atom stereocenters. The van der Waals surface area contributed by atoms with Crippen LogP contribution < -0.4 is 0 Å². The first-order valence-electron chi connectivity index (χ1n) is 6.76. The minimum Gasteiger partial charge on any atom is -0.344 e. The highest BCUT2D eigenvalue weighted by atomic mass is 15.1. The van der Waals surface area contributed by atoms with Gasteiger partial charge in [0.2, 0.25) is 0 Å². The molecule has 0 radical (unpaired) electrons. The molecule has 100 valence electrons. The Bertz CT molecular complexity index is 415. The first-order valence-corrected chi connectivity index (χ1v) is 6.76. The topological polar surface area (TPSA) is 8.17 Å². The largest absolute Gasteiger partial charge is 0.344 e. The number of rotatable bonds is 7. The van der Waals surface area contributed by atoms with Crippen LogP contribution >= 0.6 is 0 Å². The second kappa shape index (κ2) is 6.60. The normalized spacial score (nSPS) is 12.7. The van der Waals surface area contributed by atoms with E-state index < -0.39 is 0 Å². The Balaban J connectivity index is 3.22. The molecule has 0 saturated heterocycles. The predicted molar refractivity (Wildman–Crippen MR) is 81.6 cm³/mol. The maximum Gasteiger partial charge on any atom is 0.0480 e. The number of hydrogen-bond acceptors (Lipinski definition) is 1. The van der Waals surface area contributed by atoms with E-state index in [1.807, 2.05) is 12.2 Å². The van der Waals surface area contributed by atoms with Crippen molar-refractivity contribution >= 4 is 12.2 Å². The molecule has 0 fully saturated rings. The van der Waals surface area contributed by atoms with Crippen molar-refractivity contribution in [2.75, 3.05) is 13.6 Å².